The van der Waals surface area contributed by atoms with Crippen molar-refractivity contribution in [3.05, 3.63) is 24.3 Å². The van der Waals surface area contributed by atoms with Crippen LogP contribution in [0, 0.1) is 5.92 Å². The van der Waals surface area contributed by atoms with Crippen LogP contribution in [0.15, 0.2) is 24.3 Å². The van der Waals surface area contributed by atoms with Gasteiger partial charge in [-0.1, -0.05) is 13.8 Å². The van der Waals surface area contributed by atoms with Crippen molar-refractivity contribution in [2.24, 2.45) is 5.92 Å². The lowest BCUT2D eigenvalue weighted by atomic mass is 10.1. The zero-order valence-electron chi connectivity index (χ0n) is 14.5. The Hall–Kier alpha value is -2.35. The van der Waals surface area contributed by atoms with Crippen molar-refractivity contribution >= 4 is 23.9 Å². The van der Waals surface area contributed by atoms with Crippen molar-refractivity contribution in [2.45, 2.75) is 26.4 Å². The predicted octanol–water partition coefficient (Wildman–Crippen LogP) is -2.05. The number of carbonyl (C=O) groups excluding carboxylic acids is 4. The number of carbonyl (C=O) groups is 4. The van der Waals surface area contributed by atoms with Crippen LogP contribution < -0.4 is 12.4 Å². The van der Waals surface area contributed by atoms with E-state index in [9.17, 15) is 19.2 Å². The zero-order valence-corrected chi connectivity index (χ0v) is 15.3. The third-order valence-corrected chi connectivity index (χ3v) is 2.54. The molecule has 25 heavy (non-hydrogen) atoms. The summed E-state index contributed by atoms with van der Waals surface area (Å²) in [6.07, 6.45) is 3.46. The standard InChI is InChI=1S/C16H22O8.ClH/c1-11(2)9-12(24-16(20)8-6-14(18)22-4)10-23-15(19)7-5-13(17)21-3;/h5-8,11-12H,9-10H2,1-4H3;1H/p-1/b7-5+,8-6+;. The smallest absolute Gasteiger partial charge is 0.331 e. The van der Waals surface area contributed by atoms with Crippen molar-refractivity contribution < 1.29 is 50.5 Å². The fraction of sp³-hybridized carbons (Fsp3) is 0.500. The van der Waals surface area contributed by atoms with Gasteiger partial charge in [0.1, 0.15) is 12.7 Å². The molecule has 0 aliphatic heterocycles. The van der Waals surface area contributed by atoms with Gasteiger partial charge in [0.25, 0.3) is 0 Å². The molecule has 0 bridgehead atoms. The highest BCUT2D eigenvalue weighted by atomic mass is 35.5. The Morgan fingerprint density at radius 1 is 0.800 bits per heavy atom. The van der Waals surface area contributed by atoms with Crippen molar-refractivity contribution in [2.75, 3.05) is 20.8 Å². The van der Waals surface area contributed by atoms with Crippen molar-refractivity contribution in [1.82, 2.24) is 0 Å². The molecule has 0 spiro atoms. The van der Waals surface area contributed by atoms with Crippen LogP contribution in [0.25, 0.3) is 0 Å². The normalized spacial score (nSPS) is 11.7. The molecule has 9 heteroatoms. The molecule has 8 nitrogen and oxygen atoms in total. The number of ether oxygens (including phenoxy) is 4. The van der Waals surface area contributed by atoms with Crippen LogP contribution in [-0.4, -0.2) is 50.8 Å². The van der Waals surface area contributed by atoms with E-state index in [1.165, 1.54) is 14.2 Å². The van der Waals surface area contributed by atoms with Crippen molar-refractivity contribution in [3.63, 3.8) is 0 Å². The lowest BCUT2D eigenvalue weighted by Crippen LogP contribution is -3.00. The Labute approximate surface area is 152 Å². The minimum Gasteiger partial charge on any atom is -1.00 e. The molecule has 0 aromatic carbocycles. The number of methoxy groups -OCH3 is 2. The molecule has 0 N–H and O–H groups in total. The average molecular weight is 378 g/mol. The third-order valence-electron chi connectivity index (χ3n) is 2.54. The maximum atomic E-state index is 11.6. The summed E-state index contributed by atoms with van der Waals surface area (Å²) in [7, 11) is 2.36. The van der Waals surface area contributed by atoms with E-state index in [-0.39, 0.29) is 24.9 Å². The monoisotopic (exact) mass is 377 g/mol. The Balaban J connectivity index is 0. The summed E-state index contributed by atoms with van der Waals surface area (Å²) in [6.45, 7) is 3.63. The molecule has 0 aromatic heterocycles. The molecular weight excluding hydrogens is 356 g/mol. The van der Waals surface area contributed by atoms with Crippen LogP contribution >= 0.6 is 0 Å². The molecule has 0 aromatic rings. The summed E-state index contributed by atoms with van der Waals surface area (Å²) in [5.74, 6) is -2.73. The Morgan fingerprint density at radius 3 is 1.68 bits per heavy atom. The first-order valence-electron chi connectivity index (χ1n) is 7.17. The molecule has 0 saturated heterocycles. The molecule has 0 radical (unpaired) electrons. The maximum Gasteiger partial charge on any atom is 0.331 e. The summed E-state index contributed by atoms with van der Waals surface area (Å²) < 4.78 is 18.7. The summed E-state index contributed by atoms with van der Waals surface area (Å²) in [5, 5.41) is 0. The van der Waals surface area contributed by atoms with Gasteiger partial charge in [-0.05, 0) is 12.3 Å². The van der Waals surface area contributed by atoms with Gasteiger partial charge in [0.05, 0.1) is 14.2 Å². The summed E-state index contributed by atoms with van der Waals surface area (Å²) >= 11 is 0. The van der Waals surface area contributed by atoms with Crippen molar-refractivity contribution in [1.29, 1.82) is 0 Å². The highest BCUT2D eigenvalue weighted by molar-refractivity contribution is 5.92. The second-order valence-electron chi connectivity index (χ2n) is 5.03. The van der Waals surface area contributed by atoms with Gasteiger partial charge in [-0.2, -0.15) is 0 Å². The highest BCUT2D eigenvalue weighted by Crippen LogP contribution is 2.10. The molecule has 0 fully saturated rings. The van der Waals surface area contributed by atoms with E-state index in [0.717, 1.165) is 24.3 Å². The number of halogens is 1. The van der Waals surface area contributed by atoms with Gasteiger partial charge in [-0.3, -0.25) is 0 Å². The first-order chi connectivity index (χ1) is 11.3. The zero-order chi connectivity index (χ0) is 18.5. The molecule has 1 unspecified atom stereocenters. The molecule has 1 atom stereocenters. The lowest BCUT2D eigenvalue weighted by Gasteiger charge is -2.18. The Kier molecular flexibility index (Phi) is 14.0. The molecular formula is C16H22ClO8-. The van der Waals surface area contributed by atoms with Gasteiger partial charge < -0.3 is 31.4 Å². The fourth-order valence-electron chi connectivity index (χ4n) is 1.51. The van der Waals surface area contributed by atoms with E-state index < -0.39 is 30.0 Å². The first kappa shape index (κ1) is 24.9. The largest absolute Gasteiger partial charge is 1.00 e. The Morgan fingerprint density at radius 2 is 1.24 bits per heavy atom. The number of esters is 4. The van der Waals surface area contributed by atoms with Crippen LogP contribution in [0.3, 0.4) is 0 Å². The van der Waals surface area contributed by atoms with Gasteiger partial charge >= 0.3 is 23.9 Å². The minimum absolute atomic E-state index is 0. The number of rotatable bonds is 9. The van der Waals surface area contributed by atoms with Gasteiger partial charge in [0.2, 0.25) is 0 Å². The van der Waals surface area contributed by atoms with Crippen LogP contribution in [0.5, 0.6) is 0 Å². The van der Waals surface area contributed by atoms with E-state index in [1.807, 2.05) is 13.8 Å². The summed E-state index contributed by atoms with van der Waals surface area (Å²) in [5.41, 5.74) is 0. The van der Waals surface area contributed by atoms with Gasteiger partial charge in [-0.25, -0.2) is 19.2 Å². The molecule has 0 heterocycles. The highest BCUT2D eigenvalue weighted by Gasteiger charge is 2.17. The van der Waals surface area contributed by atoms with E-state index >= 15 is 0 Å². The minimum atomic E-state index is -0.768. The number of hydrogen-bond donors (Lipinski definition) is 0. The van der Waals surface area contributed by atoms with Crippen LogP contribution in [-0.2, 0) is 38.1 Å². The third kappa shape index (κ3) is 13.8. The molecule has 0 amide bonds. The quantitative estimate of drug-likeness (QED) is 0.257. The van der Waals surface area contributed by atoms with Crippen molar-refractivity contribution in [3.8, 4) is 0 Å². The van der Waals surface area contributed by atoms with E-state index in [1.54, 1.807) is 0 Å². The fourth-order valence-corrected chi connectivity index (χ4v) is 1.51. The first-order valence-corrected chi connectivity index (χ1v) is 7.17. The molecule has 0 saturated carbocycles. The number of hydrogen-bond acceptors (Lipinski definition) is 8. The van der Waals surface area contributed by atoms with Crippen LogP contribution in [0.2, 0.25) is 0 Å². The topological polar surface area (TPSA) is 105 Å². The molecule has 0 rings (SSSR count). The maximum absolute atomic E-state index is 11.6. The van der Waals surface area contributed by atoms with Crippen LogP contribution in [0.1, 0.15) is 20.3 Å². The van der Waals surface area contributed by atoms with E-state index in [0.29, 0.717) is 6.42 Å². The van der Waals surface area contributed by atoms with Gasteiger partial charge in [0.15, 0.2) is 0 Å². The van der Waals surface area contributed by atoms with E-state index in [4.69, 9.17) is 9.47 Å². The van der Waals surface area contributed by atoms with E-state index in [2.05, 4.69) is 9.47 Å². The van der Waals surface area contributed by atoms with Gasteiger partial charge in [-0.15, -0.1) is 0 Å². The van der Waals surface area contributed by atoms with Gasteiger partial charge in [0, 0.05) is 24.3 Å². The lowest BCUT2D eigenvalue weighted by molar-refractivity contribution is -0.153. The molecule has 0 aliphatic carbocycles. The second kappa shape index (κ2) is 14.0. The summed E-state index contributed by atoms with van der Waals surface area (Å²) in [6, 6.07) is 0. The average Bonchev–Trinajstić information content (AvgIpc) is 2.54. The van der Waals surface area contributed by atoms with Crippen LogP contribution in [0.4, 0.5) is 0 Å². The summed E-state index contributed by atoms with van der Waals surface area (Å²) in [4.78, 5) is 44.9. The second-order valence-corrected chi connectivity index (χ2v) is 5.03. The SMILES string of the molecule is COC(=O)/C=C/C(=O)OCC(CC(C)C)OC(=O)/C=C/C(=O)OC.[Cl-]. The predicted molar refractivity (Wildman–Crippen MR) is 82.6 cm³/mol. The molecule has 0 aliphatic rings. The Bertz CT molecular complexity index is 510. The molecule has 142 valence electrons.